The Balaban J connectivity index is 3.88. The van der Waals surface area contributed by atoms with Gasteiger partial charge in [0.15, 0.2) is 0 Å². The fraction of sp³-hybridized carbons (Fsp3) is 0.944. The molecule has 0 radical (unpaired) electrons. The molecule has 0 saturated heterocycles. The summed E-state index contributed by atoms with van der Waals surface area (Å²) in [7, 11) is 0. The maximum Gasteiger partial charge on any atom is 0.305 e. The van der Waals surface area contributed by atoms with Crippen LogP contribution in [0.25, 0.3) is 0 Å². The molecular formula is C36H70O4. The summed E-state index contributed by atoms with van der Waals surface area (Å²) in [5.41, 5.74) is 0. The molecule has 0 fully saturated rings. The van der Waals surface area contributed by atoms with Crippen LogP contribution in [0.2, 0.25) is 0 Å². The molecule has 0 saturated carbocycles. The Hall–Kier alpha value is -1.06. The van der Waals surface area contributed by atoms with E-state index in [0.717, 1.165) is 31.6 Å². The number of rotatable bonds is 31. The molecule has 0 bridgehead atoms. The van der Waals surface area contributed by atoms with Gasteiger partial charge in [0.05, 0.1) is 13.2 Å². The molecule has 4 heteroatoms. The highest BCUT2D eigenvalue weighted by molar-refractivity contribution is 5.69. The number of unbranched alkanes of at least 4 members (excludes halogenated alkanes) is 16. The van der Waals surface area contributed by atoms with Gasteiger partial charge >= 0.3 is 11.9 Å². The van der Waals surface area contributed by atoms with Crippen molar-refractivity contribution in [2.45, 2.75) is 195 Å². The van der Waals surface area contributed by atoms with Gasteiger partial charge in [-0.05, 0) is 37.5 Å². The number of carbonyl (C=O) groups is 2. The largest absolute Gasteiger partial charge is 0.466 e. The molecule has 4 nitrogen and oxygen atoms in total. The third kappa shape index (κ3) is 28.5. The molecule has 0 aromatic heterocycles. The summed E-state index contributed by atoms with van der Waals surface area (Å²) >= 11 is 0. The van der Waals surface area contributed by atoms with Crippen molar-refractivity contribution in [2.75, 3.05) is 13.2 Å². The van der Waals surface area contributed by atoms with Gasteiger partial charge in [-0.1, -0.05) is 156 Å². The Morgan fingerprint density at radius 1 is 0.475 bits per heavy atom. The molecule has 40 heavy (non-hydrogen) atoms. The first-order valence-electron chi connectivity index (χ1n) is 17.8. The van der Waals surface area contributed by atoms with Crippen molar-refractivity contribution in [1.82, 2.24) is 0 Å². The third-order valence-electron chi connectivity index (χ3n) is 8.45. The van der Waals surface area contributed by atoms with E-state index in [1.807, 2.05) is 0 Å². The predicted octanol–water partition coefficient (Wildman–Crippen LogP) is 11.5. The summed E-state index contributed by atoms with van der Waals surface area (Å²) in [6.07, 6.45) is 32.0. The Labute approximate surface area is 250 Å². The average Bonchev–Trinajstić information content (AvgIpc) is 2.93. The van der Waals surface area contributed by atoms with Gasteiger partial charge in [-0.2, -0.15) is 0 Å². The van der Waals surface area contributed by atoms with E-state index in [1.54, 1.807) is 0 Å². The Kier molecular flexibility index (Phi) is 30.1. The van der Waals surface area contributed by atoms with Crippen LogP contribution in [0.15, 0.2) is 0 Å². The van der Waals surface area contributed by atoms with Crippen molar-refractivity contribution in [3.05, 3.63) is 0 Å². The zero-order valence-electron chi connectivity index (χ0n) is 27.6. The molecule has 0 aliphatic carbocycles. The standard InChI is InChI=1S/C36H70O4/c1-5-8-11-12-13-14-17-22-27-35(32-40-33(4)37)28-23-18-15-16-19-24-29-36(38)39-31-30-34(25-20-9-6-2)26-21-10-7-3/h34-35H,5-32H2,1-4H3. The maximum atomic E-state index is 12.2. The minimum Gasteiger partial charge on any atom is -0.466 e. The van der Waals surface area contributed by atoms with Crippen molar-refractivity contribution in [2.24, 2.45) is 11.8 Å². The topological polar surface area (TPSA) is 52.6 Å². The minimum atomic E-state index is -0.154. The second-order valence-corrected chi connectivity index (χ2v) is 12.5. The second-order valence-electron chi connectivity index (χ2n) is 12.5. The van der Waals surface area contributed by atoms with E-state index in [2.05, 4.69) is 20.8 Å². The first kappa shape index (κ1) is 38.9. The maximum absolute atomic E-state index is 12.2. The molecule has 238 valence electrons. The van der Waals surface area contributed by atoms with Crippen LogP contribution in [-0.2, 0) is 19.1 Å². The second kappa shape index (κ2) is 30.9. The van der Waals surface area contributed by atoms with Gasteiger partial charge < -0.3 is 9.47 Å². The van der Waals surface area contributed by atoms with E-state index < -0.39 is 0 Å². The van der Waals surface area contributed by atoms with Gasteiger partial charge in [0, 0.05) is 13.3 Å². The van der Waals surface area contributed by atoms with Crippen molar-refractivity contribution >= 4 is 11.9 Å². The fourth-order valence-electron chi connectivity index (χ4n) is 5.73. The number of hydrogen-bond donors (Lipinski definition) is 0. The summed E-state index contributed by atoms with van der Waals surface area (Å²) in [6.45, 7) is 9.50. The molecule has 0 aliphatic heterocycles. The summed E-state index contributed by atoms with van der Waals surface area (Å²) < 4.78 is 11.0. The smallest absolute Gasteiger partial charge is 0.305 e. The molecule has 0 N–H and O–H groups in total. The molecule has 0 spiro atoms. The fourth-order valence-corrected chi connectivity index (χ4v) is 5.73. The van der Waals surface area contributed by atoms with E-state index in [1.165, 1.54) is 142 Å². The van der Waals surface area contributed by atoms with Gasteiger partial charge in [0.25, 0.3) is 0 Å². The lowest BCUT2D eigenvalue weighted by Gasteiger charge is -2.17. The summed E-state index contributed by atoms with van der Waals surface area (Å²) in [4.78, 5) is 23.5. The van der Waals surface area contributed by atoms with Crippen LogP contribution < -0.4 is 0 Å². The highest BCUT2D eigenvalue weighted by Crippen LogP contribution is 2.22. The van der Waals surface area contributed by atoms with E-state index in [4.69, 9.17) is 9.47 Å². The molecule has 1 atom stereocenters. The Morgan fingerprint density at radius 3 is 1.38 bits per heavy atom. The molecule has 0 rings (SSSR count). The third-order valence-corrected chi connectivity index (χ3v) is 8.45. The van der Waals surface area contributed by atoms with Crippen molar-refractivity contribution < 1.29 is 19.1 Å². The molecule has 0 aromatic rings. The van der Waals surface area contributed by atoms with Crippen LogP contribution in [0.1, 0.15) is 195 Å². The predicted molar refractivity (Wildman–Crippen MR) is 172 cm³/mol. The Morgan fingerprint density at radius 2 is 0.875 bits per heavy atom. The zero-order chi connectivity index (χ0) is 29.5. The van der Waals surface area contributed by atoms with Gasteiger partial charge in [-0.15, -0.1) is 0 Å². The number of carbonyl (C=O) groups excluding carboxylic acids is 2. The highest BCUT2D eigenvalue weighted by Gasteiger charge is 2.12. The SMILES string of the molecule is CCCCCCCCCCC(CCCCCCCCC(=O)OCCC(CCCCC)CCCCC)COC(C)=O. The van der Waals surface area contributed by atoms with E-state index in [9.17, 15) is 9.59 Å². The summed E-state index contributed by atoms with van der Waals surface area (Å²) in [5.74, 6) is 1.07. The van der Waals surface area contributed by atoms with Gasteiger partial charge in [-0.3, -0.25) is 9.59 Å². The van der Waals surface area contributed by atoms with Crippen molar-refractivity contribution in [3.8, 4) is 0 Å². The molecule has 0 amide bonds. The van der Waals surface area contributed by atoms with Crippen LogP contribution in [0.3, 0.4) is 0 Å². The van der Waals surface area contributed by atoms with Crippen LogP contribution >= 0.6 is 0 Å². The quantitative estimate of drug-likeness (QED) is 0.0618. The van der Waals surface area contributed by atoms with Crippen LogP contribution in [-0.4, -0.2) is 25.2 Å². The molecule has 0 heterocycles. The number of hydrogen-bond acceptors (Lipinski definition) is 4. The van der Waals surface area contributed by atoms with Gasteiger partial charge in [0.1, 0.15) is 0 Å². The summed E-state index contributed by atoms with van der Waals surface area (Å²) in [6, 6.07) is 0. The van der Waals surface area contributed by atoms with E-state index in [-0.39, 0.29) is 11.9 Å². The first-order chi connectivity index (χ1) is 19.5. The van der Waals surface area contributed by atoms with Gasteiger partial charge in [0.2, 0.25) is 0 Å². The Bertz CT molecular complexity index is 537. The van der Waals surface area contributed by atoms with Gasteiger partial charge in [-0.25, -0.2) is 0 Å². The number of esters is 2. The lowest BCUT2D eigenvalue weighted by molar-refractivity contribution is -0.144. The first-order valence-corrected chi connectivity index (χ1v) is 17.8. The zero-order valence-corrected chi connectivity index (χ0v) is 27.6. The normalized spacial score (nSPS) is 12.1. The van der Waals surface area contributed by atoms with Crippen LogP contribution in [0, 0.1) is 11.8 Å². The lowest BCUT2D eigenvalue weighted by atomic mass is 9.92. The molecular weight excluding hydrogens is 496 g/mol. The van der Waals surface area contributed by atoms with Crippen molar-refractivity contribution in [3.63, 3.8) is 0 Å². The molecule has 1 unspecified atom stereocenters. The highest BCUT2D eigenvalue weighted by atomic mass is 16.5. The van der Waals surface area contributed by atoms with Crippen LogP contribution in [0.5, 0.6) is 0 Å². The number of ether oxygens (including phenoxy) is 2. The average molecular weight is 567 g/mol. The molecule has 0 aliphatic rings. The monoisotopic (exact) mass is 567 g/mol. The van der Waals surface area contributed by atoms with Crippen LogP contribution in [0.4, 0.5) is 0 Å². The minimum absolute atomic E-state index is 0.00450. The lowest BCUT2D eigenvalue weighted by Crippen LogP contribution is -2.12. The van der Waals surface area contributed by atoms with Crippen molar-refractivity contribution in [1.29, 1.82) is 0 Å². The van der Waals surface area contributed by atoms with E-state index in [0.29, 0.717) is 25.6 Å². The summed E-state index contributed by atoms with van der Waals surface area (Å²) in [5, 5.41) is 0. The van der Waals surface area contributed by atoms with E-state index >= 15 is 0 Å². The molecule has 0 aromatic carbocycles.